The SMILES string of the molecule is CCNS(=O)(=O)c1ccccc1NC(=O)CC1CCNC1. The quantitative estimate of drug-likeness (QED) is 0.729. The van der Waals surface area contributed by atoms with Crippen LogP contribution in [0.25, 0.3) is 0 Å². The first-order valence-electron chi connectivity index (χ1n) is 7.12. The Labute approximate surface area is 125 Å². The van der Waals surface area contributed by atoms with Crippen molar-refractivity contribution in [1.82, 2.24) is 10.0 Å². The lowest BCUT2D eigenvalue weighted by atomic mass is 10.0. The molecule has 0 aliphatic carbocycles. The Bertz CT molecular complexity index is 595. The van der Waals surface area contributed by atoms with Crippen LogP contribution >= 0.6 is 0 Å². The lowest BCUT2D eigenvalue weighted by Crippen LogP contribution is -2.25. The van der Waals surface area contributed by atoms with E-state index in [0.29, 0.717) is 24.6 Å². The minimum absolute atomic E-state index is 0.102. The van der Waals surface area contributed by atoms with Crippen LogP contribution in [0.1, 0.15) is 19.8 Å². The van der Waals surface area contributed by atoms with Gasteiger partial charge in [0.25, 0.3) is 0 Å². The smallest absolute Gasteiger partial charge is 0.242 e. The molecule has 7 heteroatoms. The molecule has 1 heterocycles. The predicted octanol–water partition coefficient (Wildman–Crippen LogP) is 0.923. The van der Waals surface area contributed by atoms with Crippen molar-refractivity contribution in [1.29, 1.82) is 0 Å². The average molecular weight is 311 g/mol. The number of nitrogens with one attached hydrogen (secondary N) is 3. The fourth-order valence-electron chi connectivity index (χ4n) is 2.42. The zero-order chi connectivity index (χ0) is 15.3. The molecule has 0 radical (unpaired) electrons. The first-order valence-corrected chi connectivity index (χ1v) is 8.60. The van der Waals surface area contributed by atoms with Gasteiger partial charge in [0, 0.05) is 13.0 Å². The van der Waals surface area contributed by atoms with Crippen molar-refractivity contribution in [2.45, 2.75) is 24.7 Å². The molecule has 1 aliphatic rings. The third-order valence-corrected chi connectivity index (χ3v) is 5.03. The molecular formula is C14H21N3O3S. The Morgan fingerprint density at radius 2 is 2.14 bits per heavy atom. The maximum absolute atomic E-state index is 12.1. The van der Waals surface area contributed by atoms with Crippen LogP contribution in [0.2, 0.25) is 0 Å². The normalized spacial score (nSPS) is 18.6. The molecule has 6 nitrogen and oxygen atoms in total. The standard InChI is InChI=1S/C14H21N3O3S/c1-2-16-21(19,20)13-6-4-3-5-12(13)17-14(18)9-11-7-8-15-10-11/h3-6,11,15-16H,2,7-10H2,1H3,(H,17,18). The molecule has 1 aromatic rings. The molecule has 0 aromatic heterocycles. The Hall–Kier alpha value is -1.44. The fraction of sp³-hybridized carbons (Fsp3) is 0.500. The number of amides is 1. The number of hydrogen-bond donors (Lipinski definition) is 3. The maximum Gasteiger partial charge on any atom is 0.242 e. The number of rotatable bonds is 6. The van der Waals surface area contributed by atoms with E-state index in [-0.39, 0.29) is 10.8 Å². The van der Waals surface area contributed by atoms with E-state index in [1.165, 1.54) is 6.07 Å². The van der Waals surface area contributed by atoms with Gasteiger partial charge in [0.1, 0.15) is 4.90 Å². The summed E-state index contributed by atoms with van der Waals surface area (Å²) in [7, 11) is -3.59. The van der Waals surface area contributed by atoms with Crippen LogP contribution in [0.5, 0.6) is 0 Å². The maximum atomic E-state index is 12.1. The lowest BCUT2D eigenvalue weighted by molar-refractivity contribution is -0.117. The number of benzene rings is 1. The highest BCUT2D eigenvalue weighted by Gasteiger charge is 2.21. The van der Waals surface area contributed by atoms with Gasteiger partial charge in [-0.1, -0.05) is 19.1 Å². The molecule has 116 valence electrons. The van der Waals surface area contributed by atoms with E-state index in [4.69, 9.17) is 0 Å². The highest BCUT2D eigenvalue weighted by atomic mass is 32.2. The molecule has 0 bridgehead atoms. The molecule has 3 N–H and O–H groups in total. The number of hydrogen-bond acceptors (Lipinski definition) is 4. The predicted molar refractivity (Wildman–Crippen MR) is 81.5 cm³/mol. The van der Waals surface area contributed by atoms with Crippen LogP contribution in [0.4, 0.5) is 5.69 Å². The van der Waals surface area contributed by atoms with Gasteiger partial charge in [-0.15, -0.1) is 0 Å². The first-order chi connectivity index (χ1) is 10.0. The number of carbonyl (C=O) groups excluding carboxylic acids is 1. The first kappa shape index (κ1) is 15.9. The van der Waals surface area contributed by atoms with Crippen molar-refractivity contribution in [3.8, 4) is 0 Å². The highest BCUT2D eigenvalue weighted by molar-refractivity contribution is 7.89. The van der Waals surface area contributed by atoms with E-state index in [2.05, 4.69) is 15.4 Å². The zero-order valence-corrected chi connectivity index (χ0v) is 12.9. The number of sulfonamides is 1. The van der Waals surface area contributed by atoms with E-state index in [1.807, 2.05) is 0 Å². The van der Waals surface area contributed by atoms with Crippen molar-refractivity contribution in [2.24, 2.45) is 5.92 Å². The van der Waals surface area contributed by atoms with E-state index in [1.54, 1.807) is 25.1 Å². The van der Waals surface area contributed by atoms with Crippen molar-refractivity contribution >= 4 is 21.6 Å². The average Bonchev–Trinajstić information content (AvgIpc) is 2.91. The van der Waals surface area contributed by atoms with Gasteiger partial charge in [0.05, 0.1) is 5.69 Å². The highest BCUT2D eigenvalue weighted by Crippen LogP contribution is 2.21. The van der Waals surface area contributed by atoms with Crippen LogP contribution in [-0.4, -0.2) is 34.0 Å². The summed E-state index contributed by atoms with van der Waals surface area (Å²) in [6, 6.07) is 6.44. The third-order valence-electron chi connectivity index (χ3n) is 3.42. The largest absolute Gasteiger partial charge is 0.325 e. The minimum Gasteiger partial charge on any atom is -0.325 e. The van der Waals surface area contributed by atoms with Gasteiger partial charge in [-0.3, -0.25) is 4.79 Å². The molecule has 21 heavy (non-hydrogen) atoms. The molecule has 1 saturated heterocycles. The van der Waals surface area contributed by atoms with Gasteiger partial charge < -0.3 is 10.6 Å². The summed E-state index contributed by atoms with van der Waals surface area (Å²) in [6.45, 7) is 3.79. The molecular weight excluding hydrogens is 290 g/mol. The third kappa shape index (κ3) is 4.26. The molecule has 1 aliphatic heterocycles. The van der Waals surface area contributed by atoms with Crippen LogP contribution < -0.4 is 15.4 Å². The summed E-state index contributed by atoms with van der Waals surface area (Å²) < 4.78 is 26.6. The summed E-state index contributed by atoms with van der Waals surface area (Å²) in [5.41, 5.74) is 0.328. The number of para-hydroxylation sites is 1. The number of anilines is 1. The second-order valence-corrected chi connectivity index (χ2v) is 6.84. The van der Waals surface area contributed by atoms with E-state index in [0.717, 1.165) is 19.5 Å². The van der Waals surface area contributed by atoms with Crippen molar-refractivity contribution in [3.63, 3.8) is 0 Å². The topological polar surface area (TPSA) is 87.3 Å². The van der Waals surface area contributed by atoms with Crippen LogP contribution in [0, 0.1) is 5.92 Å². The number of carbonyl (C=O) groups is 1. The van der Waals surface area contributed by atoms with E-state index in [9.17, 15) is 13.2 Å². The minimum atomic E-state index is -3.59. The Kier molecular flexibility index (Phi) is 5.33. The molecule has 1 aromatic carbocycles. The molecule has 1 unspecified atom stereocenters. The van der Waals surface area contributed by atoms with Crippen LogP contribution in [0.3, 0.4) is 0 Å². The van der Waals surface area contributed by atoms with Crippen molar-refractivity contribution in [3.05, 3.63) is 24.3 Å². The monoisotopic (exact) mass is 311 g/mol. The molecule has 0 spiro atoms. The van der Waals surface area contributed by atoms with Crippen molar-refractivity contribution < 1.29 is 13.2 Å². The zero-order valence-electron chi connectivity index (χ0n) is 12.1. The molecule has 1 fully saturated rings. The van der Waals surface area contributed by atoms with Gasteiger partial charge in [0.15, 0.2) is 0 Å². The Morgan fingerprint density at radius 3 is 2.81 bits per heavy atom. The summed E-state index contributed by atoms with van der Waals surface area (Å²) in [5, 5.41) is 5.92. The molecule has 1 amide bonds. The lowest BCUT2D eigenvalue weighted by Gasteiger charge is -2.13. The van der Waals surface area contributed by atoms with Gasteiger partial charge in [-0.05, 0) is 37.6 Å². The molecule has 1 atom stereocenters. The summed E-state index contributed by atoms with van der Waals surface area (Å²) in [5.74, 6) is 0.172. The van der Waals surface area contributed by atoms with E-state index >= 15 is 0 Å². The Morgan fingerprint density at radius 1 is 1.38 bits per heavy atom. The van der Waals surface area contributed by atoms with Crippen LogP contribution in [-0.2, 0) is 14.8 Å². The summed E-state index contributed by atoms with van der Waals surface area (Å²) in [6.07, 6.45) is 1.38. The van der Waals surface area contributed by atoms with E-state index < -0.39 is 10.0 Å². The van der Waals surface area contributed by atoms with Gasteiger partial charge in [0.2, 0.25) is 15.9 Å². The van der Waals surface area contributed by atoms with Gasteiger partial charge >= 0.3 is 0 Å². The second-order valence-electron chi connectivity index (χ2n) is 5.11. The fourth-order valence-corrected chi connectivity index (χ4v) is 3.63. The van der Waals surface area contributed by atoms with Crippen LogP contribution in [0.15, 0.2) is 29.2 Å². The van der Waals surface area contributed by atoms with Gasteiger partial charge in [-0.2, -0.15) is 0 Å². The summed E-state index contributed by atoms with van der Waals surface area (Å²) in [4.78, 5) is 12.2. The second kappa shape index (κ2) is 7.02. The molecule has 2 rings (SSSR count). The van der Waals surface area contributed by atoms with Gasteiger partial charge in [-0.25, -0.2) is 13.1 Å². The molecule has 0 saturated carbocycles. The summed E-state index contributed by atoms with van der Waals surface area (Å²) >= 11 is 0. The Balaban J connectivity index is 2.11. The van der Waals surface area contributed by atoms with Crippen molar-refractivity contribution in [2.75, 3.05) is 25.0 Å².